The van der Waals surface area contributed by atoms with Crippen molar-refractivity contribution in [2.45, 2.75) is 6.92 Å². The van der Waals surface area contributed by atoms with Crippen LogP contribution >= 0.6 is 24.0 Å². The molecule has 2 heterocycles. The van der Waals surface area contributed by atoms with E-state index in [-0.39, 0.29) is 29.9 Å². The van der Waals surface area contributed by atoms with Gasteiger partial charge in [-0.1, -0.05) is 23.8 Å². The van der Waals surface area contributed by atoms with E-state index < -0.39 is 0 Å². The number of aryl methyl sites for hydroxylation is 1. The number of carbonyl (C=O) groups is 1. The third-order valence-electron chi connectivity index (χ3n) is 4.74. The summed E-state index contributed by atoms with van der Waals surface area (Å²) in [4.78, 5) is 25.5. The maximum atomic E-state index is 12.2. The van der Waals surface area contributed by atoms with Gasteiger partial charge in [-0.15, -0.1) is 24.0 Å². The van der Waals surface area contributed by atoms with Crippen molar-refractivity contribution < 1.29 is 4.79 Å². The largest absolute Gasteiger partial charge is 0.354 e. The van der Waals surface area contributed by atoms with E-state index in [1.807, 2.05) is 55.6 Å². The summed E-state index contributed by atoms with van der Waals surface area (Å²) in [5, 5.41) is 6.28. The summed E-state index contributed by atoms with van der Waals surface area (Å²) in [5.74, 6) is 1.83. The highest BCUT2D eigenvalue weighted by atomic mass is 127. The summed E-state index contributed by atoms with van der Waals surface area (Å²) < 4.78 is 0. The van der Waals surface area contributed by atoms with Gasteiger partial charge in [0.15, 0.2) is 5.96 Å². The van der Waals surface area contributed by atoms with Gasteiger partial charge in [-0.2, -0.15) is 0 Å². The molecule has 1 amide bonds. The van der Waals surface area contributed by atoms with Crippen molar-refractivity contribution in [1.29, 1.82) is 0 Å². The minimum atomic E-state index is -0.0514. The molecular formula is C21H29IN6O. The van der Waals surface area contributed by atoms with Gasteiger partial charge >= 0.3 is 0 Å². The first-order valence-electron chi connectivity index (χ1n) is 9.64. The lowest BCUT2D eigenvalue weighted by Gasteiger charge is -2.37. The average Bonchev–Trinajstić information content (AvgIpc) is 2.74. The highest BCUT2D eigenvalue weighted by molar-refractivity contribution is 14.0. The van der Waals surface area contributed by atoms with Gasteiger partial charge < -0.3 is 20.4 Å². The van der Waals surface area contributed by atoms with Gasteiger partial charge in [0.1, 0.15) is 5.82 Å². The van der Waals surface area contributed by atoms with Gasteiger partial charge in [0, 0.05) is 58.1 Å². The molecule has 7 nitrogen and oxygen atoms in total. The monoisotopic (exact) mass is 508 g/mol. The van der Waals surface area contributed by atoms with Crippen LogP contribution in [0.4, 0.5) is 5.82 Å². The van der Waals surface area contributed by atoms with Crippen LogP contribution in [-0.4, -0.2) is 68.1 Å². The lowest BCUT2D eigenvalue weighted by atomic mass is 10.1. The van der Waals surface area contributed by atoms with Crippen molar-refractivity contribution in [2.24, 2.45) is 4.99 Å². The van der Waals surface area contributed by atoms with E-state index in [1.165, 1.54) is 0 Å². The molecule has 1 saturated heterocycles. The van der Waals surface area contributed by atoms with Crippen LogP contribution in [0.3, 0.4) is 0 Å². The Morgan fingerprint density at radius 2 is 1.83 bits per heavy atom. The number of nitrogens with one attached hydrogen (secondary N) is 2. The fraction of sp³-hybridized carbons (Fsp3) is 0.381. The molecule has 1 aliphatic heterocycles. The Morgan fingerprint density at radius 3 is 2.48 bits per heavy atom. The van der Waals surface area contributed by atoms with Crippen molar-refractivity contribution in [3.05, 3.63) is 59.8 Å². The fourth-order valence-electron chi connectivity index (χ4n) is 3.26. The second-order valence-corrected chi connectivity index (χ2v) is 6.76. The van der Waals surface area contributed by atoms with Crippen molar-refractivity contribution in [2.75, 3.05) is 51.2 Å². The standard InChI is InChI=1S/C21H28N6O.HI/c1-17-6-5-7-18(16-17)20(28)24-10-11-25-21(22-2)27-14-12-26(13-15-27)19-8-3-4-9-23-19;/h3-9,16H,10-15H2,1-2H3,(H,22,25)(H,24,28);1H. The zero-order valence-electron chi connectivity index (χ0n) is 17.0. The Hall–Kier alpha value is -2.36. The Morgan fingerprint density at radius 1 is 1.07 bits per heavy atom. The van der Waals surface area contributed by atoms with Gasteiger partial charge in [0.25, 0.3) is 5.91 Å². The summed E-state index contributed by atoms with van der Waals surface area (Å²) in [7, 11) is 1.79. The number of pyridine rings is 1. The molecule has 3 rings (SSSR count). The molecule has 1 fully saturated rings. The van der Waals surface area contributed by atoms with Crippen molar-refractivity contribution in [3.8, 4) is 0 Å². The van der Waals surface area contributed by atoms with Crippen molar-refractivity contribution >= 4 is 41.7 Å². The molecule has 0 aliphatic carbocycles. The molecule has 0 radical (unpaired) electrons. The van der Waals surface area contributed by atoms with Crippen LogP contribution in [-0.2, 0) is 0 Å². The second-order valence-electron chi connectivity index (χ2n) is 6.76. The normalized spacial score (nSPS) is 14.2. The SMILES string of the molecule is CN=C(NCCNC(=O)c1cccc(C)c1)N1CCN(c2ccccn2)CC1.I. The Balaban J connectivity index is 0.00000300. The molecule has 1 aromatic heterocycles. The number of anilines is 1. The van der Waals surface area contributed by atoms with Crippen LogP contribution in [0.15, 0.2) is 53.7 Å². The number of guanidine groups is 1. The highest BCUT2D eigenvalue weighted by Gasteiger charge is 2.20. The zero-order chi connectivity index (χ0) is 19.8. The van der Waals surface area contributed by atoms with Gasteiger partial charge in [0.05, 0.1) is 0 Å². The number of carbonyl (C=O) groups excluding carboxylic acids is 1. The third kappa shape index (κ3) is 6.59. The number of rotatable bonds is 5. The summed E-state index contributed by atoms with van der Waals surface area (Å²) in [5.41, 5.74) is 1.77. The van der Waals surface area contributed by atoms with Crippen LogP contribution in [0.5, 0.6) is 0 Å². The predicted molar refractivity (Wildman–Crippen MR) is 128 cm³/mol. The van der Waals surface area contributed by atoms with E-state index in [9.17, 15) is 4.79 Å². The molecule has 0 unspecified atom stereocenters. The predicted octanol–water partition coefficient (Wildman–Crippen LogP) is 2.14. The number of nitrogens with zero attached hydrogens (tertiary/aromatic N) is 4. The van der Waals surface area contributed by atoms with E-state index in [4.69, 9.17) is 0 Å². The van der Waals surface area contributed by atoms with Crippen LogP contribution in [0.1, 0.15) is 15.9 Å². The number of piperazine rings is 1. The molecule has 0 atom stereocenters. The molecule has 0 spiro atoms. The van der Waals surface area contributed by atoms with Gasteiger partial charge in [-0.3, -0.25) is 9.79 Å². The summed E-state index contributed by atoms with van der Waals surface area (Å²) in [6.45, 7) is 6.72. The number of amides is 1. The second kappa shape index (κ2) is 11.6. The minimum absolute atomic E-state index is 0. The average molecular weight is 508 g/mol. The van der Waals surface area contributed by atoms with Gasteiger partial charge in [-0.05, 0) is 31.2 Å². The first-order valence-corrected chi connectivity index (χ1v) is 9.64. The van der Waals surface area contributed by atoms with Gasteiger partial charge in [0.2, 0.25) is 0 Å². The molecule has 1 aromatic carbocycles. The number of hydrogen-bond donors (Lipinski definition) is 2. The van der Waals surface area contributed by atoms with Crippen LogP contribution < -0.4 is 15.5 Å². The lowest BCUT2D eigenvalue weighted by molar-refractivity contribution is 0.0954. The number of benzene rings is 1. The third-order valence-corrected chi connectivity index (χ3v) is 4.74. The van der Waals surface area contributed by atoms with E-state index in [0.29, 0.717) is 18.7 Å². The van der Waals surface area contributed by atoms with Crippen LogP contribution in [0.2, 0.25) is 0 Å². The first kappa shape index (κ1) is 22.9. The molecule has 8 heteroatoms. The molecular weight excluding hydrogens is 479 g/mol. The Bertz CT molecular complexity index is 806. The molecule has 2 N–H and O–H groups in total. The highest BCUT2D eigenvalue weighted by Crippen LogP contribution is 2.12. The van der Waals surface area contributed by atoms with E-state index in [2.05, 4.69) is 30.4 Å². The number of aliphatic imine (C=N–C) groups is 1. The number of halogens is 1. The maximum absolute atomic E-state index is 12.2. The number of hydrogen-bond acceptors (Lipinski definition) is 4. The number of aromatic nitrogens is 1. The van der Waals surface area contributed by atoms with Crippen LogP contribution in [0, 0.1) is 6.92 Å². The lowest BCUT2D eigenvalue weighted by Crippen LogP contribution is -2.53. The van der Waals surface area contributed by atoms with E-state index in [0.717, 1.165) is 43.5 Å². The topological polar surface area (TPSA) is 72.9 Å². The van der Waals surface area contributed by atoms with Crippen LogP contribution in [0.25, 0.3) is 0 Å². The zero-order valence-corrected chi connectivity index (χ0v) is 19.3. The smallest absolute Gasteiger partial charge is 0.251 e. The maximum Gasteiger partial charge on any atom is 0.251 e. The van der Waals surface area contributed by atoms with Crippen molar-refractivity contribution in [1.82, 2.24) is 20.5 Å². The summed E-state index contributed by atoms with van der Waals surface area (Å²) >= 11 is 0. The van der Waals surface area contributed by atoms with E-state index in [1.54, 1.807) is 7.05 Å². The van der Waals surface area contributed by atoms with Crippen molar-refractivity contribution in [3.63, 3.8) is 0 Å². The minimum Gasteiger partial charge on any atom is -0.354 e. The molecule has 156 valence electrons. The summed E-state index contributed by atoms with van der Waals surface area (Å²) in [6.07, 6.45) is 1.83. The fourth-order valence-corrected chi connectivity index (χ4v) is 3.26. The molecule has 29 heavy (non-hydrogen) atoms. The Kier molecular flexibility index (Phi) is 9.17. The molecule has 1 aliphatic rings. The van der Waals surface area contributed by atoms with Gasteiger partial charge in [-0.25, -0.2) is 4.98 Å². The quantitative estimate of drug-likeness (QED) is 0.280. The molecule has 0 saturated carbocycles. The molecule has 2 aromatic rings. The summed E-state index contributed by atoms with van der Waals surface area (Å²) in [6, 6.07) is 13.6. The van der Waals surface area contributed by atoms with E-state index >= 15 is 0 Å². The first-order chi connectivity index (χ1) is 13.7. The molecule has 0 bridgehead atoms. The Labute approximate surface area is 189 Å².